The summed E-state index contributed by atoms with van der Waals surface area (Å²) in [5, 5.41) is 9.56. The summed E-state index contributed by atoms with van der Waals surface area (Å²) in [6, 6.07) is 9.93. The van der Waals surface area contributed by atoms with Crippen LogP contribution in [0.2, 0.25) is 0 Å². The number of hydrogen-bond donors (Lipinski definition) is 1. The van der Waals surface area contributed by atoms with Gasteiger partial charge in [0.1, 0.15) is 5.75 Å². The van der Waals surface area contributed by atoms with Gasteiger partial charge in [-0.2, -0.15) is 0 Å². The molecule has 1 N–H and O–H groups in total. The number of fused-ring (bicyclic) bond motifs is 1. The zero-order valence-electron chi connectivity index (χ0n) is 25.1. The van der Waals surface area contributed by atoms with Crippen molar-refractivity contribution in [2.24, 2.45) is 0 Å². The number of carboxylic acid groups (broad SMARTS) is 1. The van der Waals surface area contributed by atoms with Gasteiger partial charge in [-0.1, -0.05) is 53.1 Å². The Morgan fingerprint density at radius 3 is 2.26 bits per heavy atom. The largest absolute Gasteiger partial charge is 0.490 e. The second-order valence-electron chi connectivity index (χ2n) is 11.3. The Bertz CT molecular complexity index is 1250. The summed E-state index contributed by atoms with van der Waals surface area (Å²) in [7, 11) is 1.59. The molecule has 4 nitrogen and oxygen atoms in total. The molecule has 0 fully saturated rings. The van der Waals surface area contributed by atoms with Crippen molar-refractivity contribution in [1.82, 2.24) is 0 Å². The van der Waals surface area contributed by atoms with Gasteiger partial charge >= 0.3 is 6.09 Å². The van der Waals surface area contributed by atoms with Crippen LogP contribution in [-0.4, -0.2) is 24.4 Å². The van der Waals surface area contributed by atoms with Crippen LogP contribution in [0, 0.1) is 13.8 Å². The average Bonchev–Trinajstić information content (AvgIpc) is 2.90. The minimum absolute atomic E-state index is 0.230. The third-order valence-electron chi connectivity index (χ3n) is 7.88. The number of para-hydroxylation sites is 1. The molecule has 0 radical (unpaired) electrons. The van der Waals surface area contributed by atoms with Gasteiger partial charge in [0.15, 0.2) is 0 Å². The standard InChI is InChI=1S/C35H47NO3/c1-24(2)13-10-14-25(3)15-11-16-26(4)17-12-18-30-22-21-29-23-32(27(5)28(6)34(29)39-30)31-19-8-9-20-33(31)36(7)35(37)38/h8-9,13,15,17,19-20,23,30H,10-12,14,16,18,21-22H2,1-7H3,(H,37,38). The van der Waals surface area contributed by atoms with Gasteiger partial charge in [-0.15, -0.1) is 0 Å². The van der Waals surface area contributed by atoms with E-state index in [0.717, 1.165) is 79.4 Å². The Balaban J connectivity index is 1.61. The van der Waals surface area contributed by atoms with Crippen LogP contribution in [0.3, 0.4) is 0 Å². The van der Waals surface area contributed by atoms with Gasteiger partial charge in [-0.3, -0.25) is 4.90 Å². The maximum atomic E-state index is 11.7. The zero-order valence-corrected chi connectivity index (χ0v) is 25.1. The van der Waals surface area contributed by atoms with Crippen LogP contribution >= 0.6 is 0 Å². The van der Waals surface area contributed by atoms with Gasteiger partial charge in [0.2, 0.25) is 0 Å². The van der Waals surface area contributed by atoms with Crippen LogP contribution in [0.4, 0.5) is 10.5 Å². The van der Waals surface area contributed by atoms with Crippen molar-refractivity contribution in [3.8, 4) is 16.9 Å². The molecule has 1 heterocycles. The second-order valence-corrected chi connectivity index (χ2v) is 11.3. The molecule has 2 aromatic rings. The number of anilines is 1. The monoisotopic (exact) mass is 529 g/mol. The predicted molar refractivity (Wildman–Crippen MR) is 165 cm³/mol. The van der Waals surface area contributed by atoms with E-state index >= 15 is 0 Å². The molecular weight excluding hydrogens is 482 g/mol. The maximum absolute atomic E-state index is 11.7. The van der Waals surface area contributed by atoms with Crippen molar-refractivity contribution in [3.05, 3.63) is 82.0 Å². The summed E-state index contributed by atoms with van der Waals surface area (Å²) >= 11 is 0. The van der Waals surface area contributed by atoms with E-state index in [4.69, 9.17) is 4.74 Å². The number of aryl methyl sites for hydroxylation is 1. The fraction of sp³-hybridized carbons (Fsp3) is 0.457. The van der Waals surface area contributed by atoms with Crippen LogP contribution in [-0.2, 0) is 6.42 Å². The number of hydrogen-bond acceptors (Lipinski definition) is 2. The third-order valence-corrected chi connectivity index (χ3v) is 7.88. The fourth-order valence-corrected chi connectivity index (χ4v) is 5.29. The molecule has 1 amide bonds. The van der Waals surface area contributed by atoms with Crippen molar-refractivity contribution < 1.29 is 14.6 Å². The second kappa shape index (κ2) is 14.2. The third kappa shape index (κ3) is 8.36. The van der Waals surface area contributed by atoms with Crippen molar-refractivity contribution >= 4 is 11.8 Å². The Morgan fingerprint density at radius 1 is 0.949 bits per heavy atom. The molecule has 1 aliphatic heterocycles. The van der Waals surface area contributed by atoms with Gasteiger partial charge in [-0.25, -0.2) is 4.79 Å². The molecule has 1 aliphatic rings. The number of benzene rings is 2. The van der Waals surface area contributed by atoms with Crippen molar-refractivity contribution in [3.63, 3.8) is 0 Å². The number of rotatable bonds is 11. The normalized spacial score (nSPS) is 15.4. The highest BCUT2D eigenvalue weighted by atomic mass is 16.5. The van der Waals surface area contributed by atoms with Crippen molar-refractivity contribution in [1.29, 1.82) is 0 Å². The molecule has 4 heteroatoms. The first-order valence-electron chi connectivity index (χ1n) is 14.4. The highest BCUT2D eigenvalue weighted by Crippen LogP contribution is 2.41. The van der Waals surface area contributed by atoms with Crippen LogP contribution in [0.25, 0.3) is 11.1 Å². The summed E-state index contributed by atoms with van der Waals surface area (Å²) in [4.78, 5) is 12.9. The van der Waals surface area contributed by atoms with Gasteiger partial charge in [0.05, 0.1) is 11.8 Å². The first-order chi connectivity index (χ1) is 18.6. The van der Waals surface area contributed by atoms with E-state index in [-0.39, 0.29) is 6.10 Å². The smallest absolute Gasteiger partial charge is 0.411 e. The molecule has 1 atom stereocenters. The molecule has 1 unspecified atom stereocenters. The highest BCUT2D eigenvalue weighted by Gasteiger charge is 2.25. The molecule has 0 saturated heterocycles. The van der Waals surface area contributed by atoms with E-state index < -0.39 is 6.09 Å². The molecule has 2 aromatic carbocycles. The minimum atomic E-state index is -0.966. The lowest BCUT2D eigenvalue weighted by atomic mass is 9.88. The predicted octanol–water partition coefficient (Wildman–Crippen LogP) is 9.98. The van der Waals surface area contributed by atoms with Crippen LogP contribution in [0.1, 0.15) is 89.3 Å². The first-order valence-corrected chi connectivity index (χ1v) is 14.4. The van der Waals surface area contributed by atoms with E-state index in [2.05, 4.69) is 65.8 Å². The average molecular weight is 530 g/mol. The van der Waals surface area contributed by atoms with Gasteiger partial charge < -0.3 is 9.84 Å². The first kappa shape index (κ1) is 30.3. The number of allylic oxidation sites excluding steroid dienone is 6. The van der Waals surface area contributed by atoms with Crippen LogP contribution in [0.15, 0.2) is 65.3 Å². The fourth-order valence-electron chi connectivity index (χ4n) is 5.29. The summed E-state index contributed by atoms with van der Waals surface area (Å²) in [5.74, 6) is 1.02. The summed E-state index contributed by atoms with van der Waals surface area (Å²) in [6.07, 6.45) is 14.9. The molecule has 0 bridgehead atoms. The zero-order chi connectivity index (χ0) is 28.5. The van der Waals surface area contributed by atoms with E-state index in [1.165, 1.54) is 27.2 Å². The summed E-state index contributed by atoms with van der Waals surface area (Å²) in [6.45, 7) is 13.1. The van der Waals surface area contributed by atoms with E-state index in [1.807, 2.05) is 24.3 Å². The topological polar surface area (TPSA) is 49.8 Å². The van der Waals surface area contributed by atoms with Crippen LogP contribution < -0.4 is 9.64 Å². The maximum Gasteiger partial charge on any atom is 0.411 e. The molecule has 0 aliphatic carbocycles. The molecule has 0 aromatic heterocycles. The lowest BCUT2D eigenvalue weighted by molar-refractivity contribution is 0.163. The molecule has 3 rings (SSSR count). The van der Waals surface area contributed by atoms with Gasteiger partial charge in [0.25, 0.3) is 0 Å². The molecule has 0 spiro atoms. The number of amides is 1. The summed E-state index contributed by atoms with van der Waals surface area (Å²) < 4.78 is 6.55. The molecule has 210 valence electrons. The molecular formula is C35H47NO3. The SMILES string of the molecule is CC(C)=CCCC(C)=CCCC(C)=CCCC1CCc2cc(-c3ccccc3N(C)C(=O)O)c(C)c(C)c2O1. The van der Waals surface area contributed by atoms with Crippen molar-refractivity contribution in [2.75, 3.05) is 11.9 Å². The molecule has 0 saturated carbocycles. The Hall–Kier alpha value is -3.27. The summed E-state index contributed by atoms with van der Waals surface area (Å²) in [5.41, 5.74) is 10.6. The van der Waals surface area contributed by atoms with Gasteiger partial charge in [0, 0.05) is 12.6 Å². The Kier molecular flexibility index (Phi) is 11.0. The number of nitrogens with zero attached hydrogens (tertiary/aromatic N) is 1. The number of ether oxygens (including phenoxy) is 1. The van der Waals surface area contributed by atoms with Crippen molar-refractivity contribution in [2.45, 2.75) is 99.0 Å². The Labute approximate surface area is 236 Å². The lowest BCUT2D eigenvalue weighted by Crippen LogP contribution is -2.25. The van der Waals surface area contributed by atoms with E-state index in [0.29, 0.717) is 5.69 Å². The van der Waals surface area contributed by atoms with E-state index in [1.54, 1.807) is 7.05 Å². The highest BCUT2D eigenvalue weighted by molar-refractivity contribution is 5.93. The van der Waals surface area contributed by atoms with Gasteiger partial charge in [-0.05, 0) is 127 Å². The quantitative estimate of drug-likeness (QED) is 0.295. The molecule has 39 heavy (non-hydrogen) atoms. The minimum Gasteiger partial charge on any atom is -0.490 e. The van der Waals surface area contributed by atoms with Crippen LogP contribution in [0.5, 0.6) is 5.75 Å². The number of carbonyl (C=O) groups is 1. The van der Waals surface area contributed by atoms with E-state index in [9.17, 15) is 9.90 Å². The Morgan fingerprint density at radius 2 is 1.59 bits per heavy atom. The lowest BCUT2D eigenvalue weighted by Gasteiger charge is -2.29.